The van der Waals surface area contributed by atoms with Gasteiger partial charge in [0.15, 0.2) is 5.43 Å². The number of carbonyl (C=O) groups is 2. The van der Waals surface area contributed by atoms with E-state index in [9.17, 15) is 14.4 Å². The van der Waals surface area contributed by atoms with Gasteiger partial charge in [0, 0.05) is 68.2 Å². The van der Waals surface area contributed by atoms with E-state index in [1.807, 2.05) is 24.3 Å². The Bertz CT molecular complexity index is 1380. The molecule has 0 unspecified atom stereocenters. The highest BCUT2D eigenvalue weighted by molar-refractivity contribution is 5.98. The molecule has 10 heteroatoms. The highest BCUT2D eigenvalue weighted by atomic mass is 16.2. The molecule has 0 spiro atoms. The first-order valence-electron chi connectivity index (χ1n) is 10.8. The van der Waals surface area contributed by atoms with E-state index in [0.29, 0.717) is 23.0 Å². The summed E-state index contributed by atoms with van der Waals surface area (Å²) in [6.07, 6.45) is 4.97. The third-order valence-electron chi connectivity index (χ3n) is 5.12. The molecule has 1 aromatic carbocycles. The van der Waals surface area contributed by atoms with Crippen molar-refractivity contribution in [2.24, 2.45) is 0 Å². The van der Waals surface area contributed by atoms with Crippen LogP contribution in [-0.4, -0.2) is 57.3 Å². The van der Waals surface area contributed by atoms with Crippen molar-refractivity contribution in [2.45, 2.75) is 12.8 Å². The largest absolute Gasteiger partial charge is 0.360 e. The zero-order chi connectivity index (χ0) is 24.1. The number of anilines is 2. The summed E-state index contributed by atoms with van der Waals surface area (Å²) in [6.45, 7) is 0.888. The van der Waals surface area contributed by atoms with Crippen LogP contribution in [-0.2, 0) is 4.79 Å². The van der Waals surface area contributed by atoms with Gasteiger partial charge in [-0.25, -0.2) is 9.97 Å². The van der Waals surface area contributed by atoms with Crippen LogP contribution in [0.15, 0.2) is 59.7 Å². The second-order valence-corrected chi connectivity index (χ2v) is 7.97. The van der Waals surface area contributed by atoms with Gasteiger partial charge in [0.1, 0.15) is 5.69 Å². The van der Waals surface area contributed by atoms with E-state index in [0.717, 1.165) is 36.0 Å². The Kier molecular flexibility index (Phi) is 6.67. The maximum absolute atomic E-state index is 12.1. The van der Waals surface area contributed by atoms with Crippen molar-refractivity contribution in [3.63, 3.8) is 0 Å². The monoisotopic (exact) mass is 459 g/mol. The van der Waals surface area contributed by atoms with Gasteiger partial charge in [-0.05, 0) is 36.8 Å². The van der Waals surface area contributed by atoms with Crippen molar-refractivity contribution in [2.75, 3.05) is 26.0 Å². The van der Waals surface area contributed by atoms with E-state index in [1.54, 1.807) is 32.6 Å². The first kappa shape index (κ1) is 22.7. The van der Waals surface area contributed by atoms with Crippen molar-refractivity contribution in [3.8, 4) is 11.4 Å². The van der Waals surface area contributed by atoms with Crippen molar-refractivity contribution < 1.29 is 9.59 Å². The molecule has 1 aliphatic heterocycles. The van der Waals surface area contributed by atoms with Gasteiger partial charge in [0.05, 0.1) is 11.4 Å². The predicted molar refractivity (Wildman–Crippen MR) is 130 cm³/mol. The molecule has 3 aromatic heterocycles. The fourth-order valence-electron chi connectivity index (χ4n) is 3.42. The molecule has 4 aromatic rings. The number of amides is 2. The van der Waals surface area contributed by atoms with Crippen LogP contribution in [0.3, 0.4) is 0 Å². The number of fused-ring (bicyclic) bond motifs is 1. The van der Waals surface area contributed by atoms with Crippen LogP contribution < -0.4 is 16.1 Å². The van der Waals surface area contributed by atoms with Crippen LogP contribution in [0.25, 0.3) is 22.3 Å². The van der Waals surface area contributed by atoms with Gasteiger partial charge in [-0.15, -0.1) is 0 Å². The molecule has 0 saturated carbocycles. The van der Waals surface area contributed by atoms with Crippen molar-refractivity contribution in [3.05, 3.63) is 70.8 Å². The lowest BCUT2D eigenvalue weighted by atomic mass is 10.2. The number of nitrogens with one attached hydrogen (secondary N) is 4. The average molecular weight is 460 g/mol. The Balaban J connectivity index is 0.000000398. The Labute approximate surface area is 195 Å². The lowest BCUT2D eigenvalue weighted by Gasteiger charge is -2.07. The first-order valence-corrected chi connectivity index (χ1v) is 10.8. The third kappa shape index (κ3) is 5.47. The summed E-state index contributed by atoms with van der Waals surface area (Å²) in [5.74, 6) is 0.523. The number of nitrogens with zero attached hydrogens (tertiary/aromatic N) is 3. The van der Waals surface area contributed by atoms with E-state index in [2.05, 4.69) is 30.6 Å². The van der Waals surface area contributed by atoms with Crippen molar-refractivity contribution in [1.29, 1.82) is 0 Å². The zero-order valence-corrected chi connectivity index (χ0v) is 18.9. The van der Waals surface area contributed by atoms with Gasteiger partial charge in [0.2, 0.25) is 11.9 Å². The van der Waals surface area contributed by atoms with Crippen LogP contribution in [0, 0.1) is 0 Å². The number of aromatic amines is 2. The minimum atomic E-state index is -0.0946. The second-order valence-electron chi connectivity index (χ2n) is 7.97. The average Bonchev–Trinajstić information content (AvgIpc) is 3.48. The Morgan fingerprint density at radius 3 is 2.62 bits per heavy atom. The third-order valence-corrected chi connectivity index (χ3v) is 5.12. The molecule has 5 rings (SSSR count). The minimum absolute atomic E-state index is 0.0846. The van der Waals surface area contributed by atoms with Gasteiger partial charge in [-0.3, -0.25) is 14.4 Å². The number of carbonyl (C=O) groups excluding carboxylic acids is 2. The zero-order valence-electron chi connectivity index (χ0n) is 18.9. The predicted octanol–water partition coefficient (Wildman–Crippen LogP) is 2.66. The minimum Gasteiger partial charge on any atom is -0.360 e. The summed E-state index contributed by atoms with van der Waals surface area (Å²) in [4.78, 5) is 50.1. The second kappa shape index (κ2) is 9.99. The van der Waals surface area contributed by atoms with Crippen LogP contribution in [0.5, 0.6) is 0 Å². The van der Waals surface area contributed by atoms with Crippen molar-refractivity contribution >= 4 is 34.4 Å². The maximum atomic E-state index is 12.1. The van der Waals surface area contributed by atoms with Gasteiger partial charge in [-0.1, -0.05) is 0 Å². The summed E-state index contributed by atoms with van der Waals surface area (Å²) in [5.41, 5.74) is 3.32. The number of benzene rings is 1. The van der Waals surface area contributed by atoms with Gasteiger partial charge in [0.25, 0.3) is 5.91 Å². The maximum Gasteiger partial charge on any atom is 0.269 e. The van der Waals surface area contributed by atoms with Crippen LogP contribution in [0.1, 0.15) is 23.3 Å². The molecular weight excluding hydrogens is 434 g/mol. The molecule has 0 aliphatic carbocycles. The fraction of sp³-hybridized carbons (Fsp3) is 0.208. The first-order chi connectivity index (χ1) is 16.4. The summed E-state index contributed by atoms with van der Waals surface area (Å²) in [7, 11) is 3.43. The van der Waals surface area contributed by atoms with Crippen LogP contribution in [0.2, 0.25) is 0 Å². The summed E-state index contributed by atoms with van der Waals surface area (Å²) < 4.78 is 0. The Hall–Kier alpha value is -4.47. The number of pyridine rings is 1. The summed E-state index contributed by atoms with van der Waals surface area (Å²) in [6, 6.07) is 12.2. The molecule has 0 atom stereocenters. The topological polar surface area (TPSA) is 136 Å². The van der Waals surface area contributed by atoms with E-state index < -0.39 is 0 Å². The molecule has 1 saturated heterocycles. The Morgan fingerprint density at radius 2 is 1.94 bits per heavy atom. The molecule has 4 N–H and O–H groups in total. The normalized spacial score (nSPS) is 12.6. The van der Waals surface area contributed by atoms with Gasteiger partial charge in [-0.2, -0.15) is 0 Å². The highest BCUT2D eigenvalue weighted by Gasteiger charge is 2.12. The number of hydrogen-bond acceptors (Lipinski definition) is 6. The molecule has 4 heterocycles. The molecule has 10 nitrogen and oxygen atoms in total. The van der Waals surface area contributed by atoms with Crippen LogP contribution in [0.4, 0.5) is 11.6 Å². The number of rotatable bonds is 4. The van der Waals surface area contributed by atoms with E-state index in [-0.39, 0.29) is 17.2 Å². The smallest absolute Gasteiger partial charge is 0.269 e. The summed E-state index contributed by atoms with van der Waals surface area (Å²) in [5, 5.41) is 6.74. The molecule has 2 amide bonds. The molecule has 0 bridgehead atoms. The van der Waals surface area contributed by atoms with Gasteiger partial charge >= 0.3 is 0 Å². The SMILES string of the molecule is CN(C)C(=O)c1cc2cc(Nc3nccc(-c4cc(=O)cc[nH]4)n3)ccc2[nH]1.O=C1CCCN1. The van der Waals surface area contributed by atoms with E-state index in [4.69, 9.17) is 0 Å². The molecular formula is C24H25N7O3. The highest BCUT2D eigenvalue weighted by Crippen LogP contribution is 2.23. The standard InChI is InChI=1S/C20H18N6O2.C4H7NO/c1-26(2)19(28)18-10-12-9-13(3-4-15(12)24-18)23-20-22-8-6-16(25-20)17-11-14(27)5-7-21-17;6-4-2-1-3-5-4/h3-11,24H,1-2H3,(H,21,27)(H,22,23,25);1-3H2,(H,5,6). The van der Waals surface area contributed by atoms with E-state index in [1.165, 1.54) is 17.0 Å². The number of aromatic nitrogens is 4. The number of H-pyrrole nitrogens is 2. The summed E-state index contributed by atoms with van der Waals surface area (Å²) >= 11 is 0. The number of hydrogen-bond donors (Lipinski definition) is 4. The molecule has 1 aliphatic rings. The quantitative estimate of drug-likeness (QED) is 0.370. The fourth-order valence-corrected chi connectivity index (χ4v) is 3.42. The molecule has 174 valence electrons. The van der Waals surface area contributed by atoms with Gasteiger partial charge < -0.3 is 25.5 Å². The van der Waals surface area contributed by atoms with E-state index >= 15 is 0 Å². The Morgan fingerprint density at radius 1 is 1.09 bits per heavy atom. The molecule has 34 heavy (non-hydrogen) atoms. The molecule has 0 radical (unpaired) electrons. The molecule has 1 fully saturated rings. The van der Waals surface area contributed by atoms with Crippen molar-refractivity contribution in [1.82, 2.24) is 30.2 Å². The van der Waals surface area contributed by atoms with Crippen LogP contribution >= 0.6 is 0 Å². The lowest BCUT2D eigenvalue weighted by molar-refractivity contribution is -0.119. The lowest BCUT2D eigenvalue weighted by Crippen LogP contribution is -2.21.